The van der Waals surface area contributed by atoms with Gasteiger partial charge in [0.2, 0.25) is 0 Å². The van der Waals surface area contributed by atoms with Crippen LogP contribution in [0.25, 0.3) is 11.1 Å². The van der Waals surface area contributed by atoms with E-state index in [2.05, 4.69) is 31.7 Å². The van der Waals surface area contributed by atoms with Crippen LogP contribution in [0.5, 0.6) is 5.75 Å². The smallest absolute Gasteiger partial charge is 0.330 e. The summed E-state index contributed by atoms with van der Waals surface area (Å²) in [5.41, 5.74) is 4.31. The summed E-state index contributed by atoms with van der Waals surface area (Å²) in [4.78, 5) is 11.7. The zero-order chi connectivity index (χ0) is 22.9. The van der Waals surface area contributed by atoms with Crippen molar-refractivity contribution < 1.29 is 24.5 Å². The summed E-state index contributed by atoms with van der Waals surface area (Å²) in [6.45, 7) is 6.02. The Kier molecular flexibility index (Phi) is 8.89. The van der Waals surface area contributed by atoms with E-state index in [1.807, 2.05) is 24.3 Å². The second kappa shape index (κ2) is 11.8. The van der Waals surface area contributed by atoms with E-state index in [1.165, 1.54) is 37.3 Å². The summed E-state index contributed by atoms with van der Waals surface area (Å²) < 4.78 is 11.1. The zero-order valence-electron chi connectivity index (χ0n) is 18.8. The first kappa shape index (κ1) is 24.0. The van der Waals surface area contributed by atoms with Gasteiger partial charge in [0.25, 0.3) is 0 Å². The van der Waals surface area contributed by atoms with Crippen molar-refractivity contribution in [1.29, 1.82) is 0 Å². The molecule has 0 aliphatic heterocycles. The van der Waals surface area contributed by atoms with Crippen molar-refractivity contribution in [2.24, 2.45) is 11.8 Å². The Morgan fingerprint density at radius 1 is 1.09 bits per heavy atom. The lowest BCUT2D eigenvalue weighted by Crippen LogP contribution is -2.19. The third-order valence-electron chi connectivity index (χ3n) is 6.32. The number of aliphatic hydroxyl groups excluding tert-OH is 2. The topological polar surface area (TPSA) is 76.0 Å². The molecule has 0 atom stereocenters. The molecule has 1 aliphatic rings. The Bertz CT molecular complexity index is 877. The van der Waals surface area contributed by atoms with Gasteiger partial charge in [-0.05, 0) is 59.1 Å². The molecular weight excluding hydrogens is 404 g/mol. The highest BCUT2D eigenvalue weighted by molar-refractivity contribution is 5.81. The standard InChI is InChI=1S/C27H34O5/c1-3-27(30)32-18-24-14-23(21-6-4-19(2)5-7-21)10-13-26(24)22-8-11-25(12-9-22)31-17-20(15-28)16-29/h3,8-14,19-21,28-29H,1,4-7,15-18H2,2H3. The van der Waals surface area contributed by atoms with Gasteiger partial charge in [0, 0.05) is 12.0 Å². The molecular formula is C27H34O5. The largest absolute Gasteiger partial charge is 0.493 e. The number of carbonyl (C=O) groups excluding carboxylic acids is 1. The fourth-order valence-corrected chi connectivity index (χ4v) is 4.18. The third-order valence-corrected chi connectivity index (χ3v) is 6.32. The zero-order valence-corrected chi connectivity index (χ0v) is 18.8. The molecule has 172 valence electrons. The van der Waals surface area contributed by atoms with Gasteiger partial charge in [-0.2, -0.15) is 0 Å². The van der Waals surface area contributed by atoms with E-state index in [0.717, 1.165) is 22.6 Å². The van der Waals surface area contributed by atoms with Crippen LogP contribution < -0.4 is 4.74 Å². The monoisotopic (exact) mass is 438 g/mol. The average molecular weight is 439 g/mol. The molecule has 3 rings (SSSR count). The van der Waals surface area contributed by atoms with Crippen molar-refractivity contribution in [3.8, 4) is 16.9 Å². The summed E-state index contributed by atoms with van der Waals surface area (Å²) >= 11 is 0. The second-order valence-electron chi connectivity index (χ2n) is 8.75. The minimum atomic E-state index is -0.432. The van der Waals surface area contributed by atoms with Crippen molar-refractivity contribution in [3.63, 3.8) is 0 Å². The number of hydrogen-bond donors (Lipinski definition) is 2. The molecule has 5 nitrogen and oxygen atoms in total. The molecule has 1 saturated carbocycles. The molecule has 2 aromatic rings. The molecule has 0 amide bonds. The van der Waals surface area contributed by atoms with Crippen molar-refractivity contribution in [2.75, 3.05) is 19.8 Å². The number of carbonyl (C=O) groups is 1. The Morgan fingerprint density at radius 3 is 2.41 bits per heavy atom. The van der Waals surface area contributed by atoms with E-state index in [-0.39, 0.29) is 32.3 Å². The van der Waals surface area contributed by atoms with Gasteiger partial charge < -0.3 is 19.7 Å². The van der Waals surface area contributed by atoms with Crippen LogP contribution >= 0.6 is 0 Å². The molecule has 0 aromatic heterocycles. The van der Waals surface area contributed by atoms with Crippen LogP contribution in [-0.4, -0.2) is 36.0 Å². The number of ether oxygens (including phenoxy) is 2. The fourth-order valence-electron chi connectivity index (χ4n) is 4.18. The first-order chi connectivity index (χ1) is 15.5. The van der Waals surface area contributed by atoms with Gasteiger partial charge in [-0.1, -0.05) is 56.7 Å². The molecule has 0 heterocycles. The Balaban J connectivity index is 1.80. The normalized spacial score (nSPS) is 18.4. The molecule has 1 aliphatic carbocycles. The van der Waals surface area contributed by atoms with Crippen molar-refractivity contribution in [2.45, 2.75) is 45.1 Å². The minimum Gasteiger partial charge on any atom is -0.493 e. The molecule has 0 radical (unpaired) electrons. The van der Waals surface area contributed by atoms with Crippen LogP contribution in [0.2, 0.25) is 0 Å². The van der Waals surface area contributed by atoms with E-state index in [0.29, 0.717) is 11.7 Å². The first-order valence-electron chi connectivity index (χ1n) is 11.4. The molecule has 5 heteroatoms. The van der Waals surface area contributed by atoms with Crippen molar-refractivity contribution in [3.05, 3.63) is 66.2 Å². The van der Waals surface area contributed by atoms with Gasteiger partial charge >= 0.3 is 5.97 Å². The molecule has 2 aromatic carbocycles. The molecule has 0 spiro atoms. The van der Waals surface area contributed by atoms with Crippen LogP contribution in [0.1, 0.15) is 49.7 Å². The number of aliphatic hydroxyl groups is 2. The third kappa shape index (κ3) is 6.44. The van der Waals surface area contributed by atoms with Crippen LogP contribution in [-0.2, 0) is 16.1 Å². The highest BCUT2D eigenvalue weighted by atomic mass is 16.5. The fraction of sp³-hybridized carbons (Fsp3) is 0.444. The Morgan fingerprint density at radius 2 is 1.78 bits per heavy atom. The van der Waals surface area contributed by atoms with Crippen LogP contribution in [0, 0.1) is 11.8 Å². The van der Waals surface area contributed by atoms with Gasteiger partial charge in [0.05, 0.1) is 19.8 Å². The van der Waals surface area contributed by atoms with Gasteiger partial charge in [0.15, 0.2) is 0 Å². The molecule has 0 unspecified atom stereocenters. The summed E-state index contributed by atoms with van der Waals surface area (Å²) in [5.74, 6) is 1.29. The minimum absolute atomic E-state index is 0.117. The highest BCUT2D eigenvalue weighted by Crippen LogP contribution is 2.37. The maximum Gasteiger partial charge on any atom is 0.330 e. The van der Waals surface area contributed by atoms with E-state index in [9.17, 15) is 15.0 Å². The molecule has 1 fully saturated rings. The average Bonchev–Trinajstić information content (AvgIpc) is 2.84. The van der Waals surface area contributed by atoms with E-state index >= 15 is 0 Å². The quantitative estimate of drug-likeness (QED) is 0.409. The predicted molar refractivity (Wildman–Crippen MR) is 125 cm³/mol. The van der Waals surface area contributed by atoms with Crippen LogP contribution in [0.15, 0.2) is 55.1 Å². The van der Waals surface area contributed by atoms with E-state index in [4.69, 9.17) is 9.47 Å². The molecule has 0 saturated heterocycles. The number of benzene rings is 2. The molecule has 2 N–H and O–H groups in total. The number of hydrogen-bond acceptors (Lipinski definition) is 5. The molecule has 32 heavy (non-hydrogen) atoms. The Labute approximate surface area is 190 Å². The second-order valence-corrected chi connectivity index (χ2v) is 8.75. The van der Waals surface area contributed by atoms with E-state index < -0.39 is 5.97 Å². The first-order valence-corrected chi connectivity index (χ1v) is 11.4. The maximum absolute atomic E-state index is 11.7. The summed E-state index contributed by atoms with van der Waals surface area (Å²) in [5, 5.41) is 18.4. The number of esters is 1. The van der Waals surface area contributed by atoms with Crippen molar-refractivity contribution >= 4 is 5.97 Å². The summed E-state index contributed by atoms with van der Waals surface area (Å²) in [6, 6.07) is 14.2. The van der Waals surface area contributed by atoms with Gasteiger partial charge in [-0.15, -0.1) is 0 Å². The SMILES string of the molecule is C=CC(=O)OCc1cc(C2CCC(C)CC2)ccc1-c1ccc(OCC(CO)CO)cc1. The lowest BCUT2D eigenvalue weighted by Gasteiger charge is -2.27. The van der Waals surface area contributed by atoms with Gasteiger partial charge in [-0.3, -0.25) is 0 Å². The van der Waals surface area contributed by atoms with Crippen LogP contribution in [0.3, 0.4) is 0 Å². The predicted octanol–water partition coefficient (Wildman–Crippen LogP) is 4.86. The van der Waals surface area contributed by atoms with E-state index in [1.54, 1.807) is 0 Å². The van der Waals surface area contributed by atoms with Crippen LogP contribution in [0.4, 0.5) is 0 Å². The van der Waals surface area contributed by atoms with Gasteiger partial charge in [-0.25, -0.2) is 4.79 Å². The lowest BCUT2D eigenvalue weighted by molar-refractivity contribution is -0.138. The maximum atomic E-state index is 11.7. The highest BCUT2D eigenvalue weighted by Gasteiger charge is 2.21. The van der Waals surface area contributed by atoms with Gasteiger partial charge in [0.1, 0.15) is 12.4 Å². The Hall–Kier alpha value is -2.63. The van der Waals surface area contributed by atoms with Crippen molar-refractivity contribution in [1.82, 2.24) is 0 Å². The summed E-state index contributed by atoms with van der Waals surface area (Å²) in [6.07, 6.45) is 6.08. The molecule has 0 bridgehead atoms. The number of rotatable bonds is 10. The summed E-state index contributed by atoms with van der Waals surface area (Å²) in [7, 11) is 0. The lowest BCUT2D eigenvalue weighted by atomic mass is 9.78.